The van der Waals surface area contributed by atoms with E-state index in [-0.39, 0.29) is 29.3 Å². The molecule has 0 aliphatic heterocycles. The van der Waals surface area contributed by atoms with Crippen molar-refractivity contribution in [1.29, 1.82) is 0 Å². The van der Waals surface area contributed by atoms with E-state index in [1.165, 1.54) is 44.1 Å². The first-order valence-corrected chi connectivity index (χ1v) is 15.1. The third-order valence-corrected chi connectivity index (χ3v) is 11.2. The van der Waals surface area contributed by atoms with Gasteiger partial charge >= 0.3 is 10.4 Å². The van der Waals surface area contributed by atoms with Crippen molar-refractivity contribution < 1.29 is 21.9 Å². The third kappa shape index (κ3) is 4.93. The van der Waals surface area contributed by atoms with E-state index < -0.39 is 10.4 Å². The number of carbonyl (C=O) groups is 1. The second kappa shape index (κ2) is 9.63. The first-order chi connectivity index (χ1) is 15.8. The van der Waals surface area contributed by atoms with E-state index in [9.17, 15) is 13.2 Å². The van der Waals surface area contributed by atoms with Crippen LogP contribution in [0.1, 0.15) is 98.8 Å². The van der Waals surface area contributed by atoms with Gasteiger partial charge in [0, 0.05) is 5.92 Å². The largest absolute Gasteiger partial charge is 0.397 e. The van der Waals surface area contributed by atoms with E-state index in [1.54, 1.807) is 0 Å². The highest BCUT2D eigenvalue weighted by molar-refractivity contribution is 7.80. The Bertz CT molecular complexity index is 910. The normalized spacial score (nSPS) is 41.8. The van der Waals surface area contributed by atoms with Crippen molar-refractivity contribution in [1.82, 2.24) is 0 Å². The minimum atomic E-state index is -4.35. The molecule has 0 aromatic rings. The Kier molecular flexibility index (Phi) is 7.46. The van der Waals surface area contributed by atoms with Gasteiger partial charge in [-0.05, 0) is 97.4 Å². The maximum absolute atomic E-state index is 13.3. The van der Waals surface area contributed by atoms with Crippen molar-refractivity contribution in [2.75, 3.05) is 6.61 Å². The topological polar surface area (TPSA) is 80.7 Å². The van der Waals surface area contributed by atoms with Gasteiger partial charge in [0.25, 0.3) is 0 Å². The molecule has 34 heavy (non-hydrogen) atoms. The average molecular weight is 495 g/mol. The van der Waals surface area contributed by atoms with Crippen LogP contribution in [0.3, 0.4) is 0 Å². The highest BCUT2D eigenvalue weighted by Gasteiger charge is 2.59. The van der Waals surface area contributed by atoms with Crippen LogP contribution in [0.25, 0.3) is 0 Å². The molecule has 194 valence electrons. The van der Waals surface area contributed by atoms with Crippen molar-refractivity contribution in [3.05, 3.63) is 11.6 Å². The van der Waals surface area contributed by atoms with Crippen LogP contribution < -0.4 is 0 Å². The maximum atomic E-state index is 13.3. The van der Waals surface area contributed by atoms with Gasteiger partial charge in [-0.25, -0.2) is 4.18 Å². The monoisotopic (exact) mass is 494 g/mol. The Morgan fingerprint density at radius 1 is 1.03 bits per heavy atom. The molecule has 6 heteroatoms. The fraction of sp³-hybridized carbons (Fsp3) is 0.893. The van der Waals surface area contributed by atoms with Crippen LogP contribution in [-0.2, 0) is 19.4 Å². The Morgan fingerprint density at radius 2 is 1.71 bits per heavy atom. The summed E-state index contributed by atoms with van der Waals surface area (Å²) in [6, 6.07) is 0. The van der Waals surface area contributed by atoms with Gasteiger partial charge in [0.1, 0.15) is 0 Å². The summed E-state index contributed by atoms with van der Waals surface area (Å²) >= 11 is 0. The lowest BCUT2D eigenvalue weighted by atomic mass is 9.47. The van der Waals surface area contributed by atoms with Crippen molar-refractivity contribution in [3.8, 4) is 0 Å². The van der Waals surface area contributed by atoms with Crippen LogP contribution in [0, 0.1) is 52.3 Å². The first-order valence-electron chi connectivity index (χ1n) is 13.7. The minimum absolute atomic E-state index is 0.0402. The van der Waals surface area contributed by atoms with Gasteiger partial charge in [-0.3, -0.25) is 9.35 Å². The van der Waals surface area contributed by atoms with Crippen molar-refractivity contribution >= 4 is 16.2 Å². The Labute approximate surface area is 207 Å². The number of hydrogen-bond acceptors (Lipinski definition) is 4. The maximum Gasteiger partial charge on any atom is 0.397 e. The van der Waals surface area contributed by atoms with Crippen LogP contribution in [-0.4, -0.2) is 25.4 Å². The molecule has 9 atom stereocenters. The number of rotatable bonds is 8. The molecule has 0 amide bonds. The zero-order valence-electron chi connectivity index (χ0n) is 21.9. The zero-order chi connectivity index (χ0) is 24.9. The van der Waals surface area contributed by atoms with Crippen LogP contribution >= 0.6 is 0 Å². The molecule has 4 aliphatic rings. The van der Waals surface area contributed by atoms with Gasteiger partial charge in [0.2, 0.25) is 0 Å². The molecule has 0 saturated heterocycles. The first kappa shape index (κ1) is 26.3. The summed E-state index contributed by atoms with van der Waals surface area (Å²) in [5.74, 6) is 3.86. The smallest absolute Gasteiger partial charge is 0.295 e. The van der Waals surface area contributed by atoms with Gasteiger partial charge in [0.15, 0.2) is 5.78 Å². The molecule has 3 fully saturated rings. The SMILES string of the molecule is CC(CCCC(C)C1CCC2C3=CC(=O)[C@H]4C[C@@H](C)CCC4(C)C3CCC21C)COS(=O)(=O)O. The van der Waals surface area contributed by atoms with Crippen LogP contribution in [0.15, 0.2) is 11.6 Å². The molecule has 1 N–H and O–H groups in total. The standard InChI is InChI=1S/C28H46O5S/c1-18-11-13-28(5)24-12-14-27(4)22(9-10-23(27)21(24)16-26(29)25(28)15-18)20(3)8-6-7-19(2)17-33-34(30,31)32/h16,18-20,22-25H,6-15,17H2,1-5H3,(H,30,31,32)/t18-,19?,20?,22?,23?,24?,25+,27?,28?/m0/s1. The van der Waals surface area contributed by atoms with E-state index in [1.807, 2.05) is 6.92 Å². The molecule has 3 saturated carbocycles. The van der Waals surface area contributed by atoms with Gasteiger partial charge < -0.3 is 0 Å². The van der Waals surface area contributed by atoms with E-state index in [0.717, 1.165) is 25.7 Å². The second-order valence-electron chi connectivity index (χ2n) is 13.0. The van der Waals surface area contributed by atoms with E-state index in [2.05, 4.69) is 38.0 Å². The van der Waals surface area contributed by atoms with Gasteiger partial charge in [-0.15, -0.1) is 0 Å². The Hall–Kier alpha value is -0.720. The van der Waals surface area contributed by atoms with E-state index in [4.69, 9.17) is 4.55 Å². The van der Waals surface area contributed by atoms with Gasteiger partial charge in [-0.1, -0.05) is 59.5 Å². The average Bonchev–Trinajstić information content (AvgIpc) is 3.10. The number of ketones is 1. The summed E-state index contributed by atoms with van der Waals surface area (Å²) in [6.07, 6.45) is 13.7. The molecule has 0 radical (unpaired) electrons. The summed E-state index contributed by atoms with van der Waals surface area (Å²) < 4.78 is 34.9. The zero-order valence-corrected chi connectivity index (χ0v) is 22.7. The Morgan fingerprint density at radius 3 is 2.41 bits per heavy atom. The van der Waals surface area contributed by atoms with E-state index >= 15 is 0 Å². The fourth-order valence-electron chi connectivity index (χ4n) is 8.80. The van der Waals surface area contributed by atoms with Gasteiger partial charge in [0.05, 0.1) is 6.61 Å². The molecular formula is C28H46O5S. The predicted molar refractivity (Wildman–Crippen MR) is 134 cm³/mol. The highest BCUT2D eigenvalue weighted by atomic mass is 32.3. The molecule has 0 bridgehead atoms. The fourth-order valence-corrected chi connectivity index (χ4v) is 9.21. The third-order valence-electron chi connectivity index (χ3n) is 10.8. The minimum Gasteiger partial charge on any atom is -0.295 e. The molecule has 0 aromatic carbocycles. The van der Waals surface area contributed by atoms with Crippen LogP contribution in [0.5, 0.6) is 0 Å². The lowest BCUT2D eigenvalue weighted by molar-refractivity contribution is -0.130. The summed E-state index contributed by atoms with van der Waals surface area (Å²) in [6.45, 7) is 11.7. The molecule has 4 rings (SSSR count). The number of allylic oxidation sites excluding steroid dienone is 2. The lowest BCUT2D eigenvalue weighted by Crippen LogP contribution is -2.51. The predicted octanol–water partition coefficient (Wildman–Crippen LogP) is 6.64. The molecule has 0 heterocycles. The molecule has 5 nitrogen and oxygen atoms in total. The van der Waals surface area contributed by atoms with Crippen molar-refractivity contribution in [3.63, 3.8) is 0 Å². The number of carbonyl (C=O) groups excluding carboxylic acids is 1. The number of fused-ring (bicyclic) bond motifs is 5. The van der Waals surface area contributed by atoms with Gasteiger partial charge in [-0.2, -0.15) is 8.42 Å². The van der Waals surface area contributed by atoms with Crippen LogP contribution in [0.4, 0.5) is 0 Å². The quantitative estimate of drug-likeness (QED) is 0.382. The summed E-state index contributed by atoms with van der Waals surface area (Å²) in [4.78, 5) is 13.3. The molecule has 7 unspecified atom stereocenters. The lowest BCUT2D eigenvalue weighted by Gasteiger charge is -2.57. The summed E-state index contributed by atoms with van der Waals surface area (Å²) in [5.41, 5.74) is 1.96. The molecular weight excluding hydrogens is 448 g/mol. The highest BCUT2D eigenvalue weighted by Crippen LogP contribution is 2.66. The molecule has 0 aromatic heterocycles. The number of hydrogen-bond donors (Lipinski definition) is 1. The molecule has 4 aliphatic carbocycles. The summed E-state index contributed by atoms with van der Waals surface area (Å²) in [7, 11) is -4.35. The summed E-state index contributed by atoms with van der Waals surface area (Å²) in [5, 5.41) is 0. The van der Waals surface area contributed by atoms with E-state index in [0.29, 0.717) is 35.4 Å². The Balaban J connectivity index is 1.40. The van der Waals surface area contributed by atoms with Crippen LogP contribution in [0.2, 0.25) is 0 Å². The molecule has 0 spiro atoms. The van der Waals surface area contributed by atoms with Crippen molar-refractivity contribution in [2.24, 2.45) is 52.3 Å². The second-order valence-corrected chi connectivity index (χ2v) is 14.1. The van der Waals surface area contributed by atoms with Crippen molar-refractivity contribution in [2.45, 2.75) is 98.8 Å².